The van der Waals surface area contributed by atoms with Gasteiger partial charge in [-0.05, 0) is 32.5 Å². The van der Waals surface area contributed by atoms with Gasteiger partial charge in [-0.3, -0.25) is 4.79 Å². The molecule has 0 aliphatic rings. The lowest BCUT2D eigenvalue weighted by Crippen LogP contribution is -2.24. The van der Waals surface area contributed by atoms with Gasteiger partial charge in [-0.25, -0.2) is 4.79 Å². The first-order valence-electron chi connectivity index (χ1n) is 4.54. The molecule has 5 nitrogen and oxygen atoms in total. The number of hydrogen-bond acceptors (Lipinski definition) is 6. The summed E-state index contributed by atoms with van der Waals surface area (Å²) in [5, 5.41) is -0.484. The number of nitrogens with two attached hydrogens (primary N) is 1. The van der Waals surface area contributed by atoms with E-state index in [1.54, 1.807) is 20.8 Å². The van der Waals surface area contributed by atoms with Gasteiger partial charge >= 0.3 is 11.3 Å². The Morgan fingerprint density at radius 1 is 1.27 bits per heavy atom. The second-order valence-electron chi connectivity index (χ2n) is 3.83. The fourth-order valence-corrected chi connectivity index (χ4v) is 0.947. The maximum absolute atomic E-state index is 11.2. The molecule has 0 aliphatic carbocycles. The zero-order chi connectivity index (χ0) is 11.9. The van der Waals surface area contributed by atoms with Crippen LogP contribution < -0.4 is 5.73 Å². The number of esters is 1. The Morgan fingerprint density at radius 2 is 1.87 bits per heavy atom. The van der Waals surface area contributed by atoms with Crippen molar-refractivity contribution in [1.82, 2.24) is 0 Å². The third-order valence-electron chi connectivity index (χ3n) is 1.32. The summed E-state index contributed by atoms with van der Waals surface area (Å²) in [4.78, 5) is 22.1. The van der Waals surface area contributed by atoms with Crippen LogP contribution in [-0.4, -0.2) is 30.4 Å². The van der Waals surface area contributed by atoms with E-state index in [0.29, 0.717) is 12.3 Å². The normalized spacial score (nSPS) is 10.9. The van der Waals surface area contributed by atoms with E-state index < -0.39 is 16.7 Å². The summed E-state index contributed by atoms with van der Waals surface area (Å²) in [7, 11) is 0. The first-order valence-corrected chi connectivity index (χ1v) is 5.53. The molecule has 0 radical (unpaired) electrons. The van der Waals surface area contributed by atoms with Crippen molar-refractivity contribution in [3.05, 3.63) is 0 Å². The first kappa shape index (κ1) is 14.2. The number of carbonyl (C=O) groups is 2. The largest absolute Gasteiger partial charge is 0.427 e. The van der Waals surface area contributed by atoms with E-state index in [4.69, 9.17) is 10.5 Å². The molecule has 0 unspecified atom stereocenters. The van der Waals surface area contributed by atoms with Gasteiger partial charge in [0.1, 0.15) is 0 Å². The third kappa shape index (κ3) is 7.21. The topological polar surface area (TPSA) is 78.6 Å². The van der Waals surface area contributed by atoms with Crippen molar-refractivity contribution in [3.63, 3.8) is 0 Å². The smallest absolute Gasteiger partial charge is 0.370 e. The van der Waals surface area contributed by atoms with Crippen molar-refractivity contribution in [2.24, 2.45) is 11.1 Å². The van der Waals surface area contributed by atoms with E-state index >= 15 is 0 Å². The first-order chi connectivity index (χ1) is 6.88. The Hall–Kier alpha value is -0.750. The lowest BCUT2D eigenvalue weighted by molar-refractivity contribution is -0.160. The standard InChI is InChI=1S/C9H17NO4S/c1-9(2,3)7(11)13-6-14-8(12)15-5-4-10/h4-6,10H2,1-3H3. The van der Waals surface area contributed by atoms with Crippen LogP contribution in [-0.2, 0) is 14.3 Å². The third-order valence-corrected chi connectivity index (χ3v) is 2.11. The van der Waals surface area contributed by atoms with Gasteiger partial charge in [0.25, 0.3) is 0 Å². The average Bonchev–Trinajstić information content (AvgIpc) is 2.13. The molecule has 0 fully saturated rings. The number of thioether (sulfide) groups is 1. The maximum Gasteiger partial charge on any atom is 0.370 e. The molecule has 0 aromatic rings. The molecular formula is C9H17NO4S. The summed E-state index contributed by atoms with van der Waals surface area (Å²) >= 11 is 0.958. The van der Waals surface area contributed by atoms with Crippen LogP contribution in [0.2, 0.25) is 0 Å². The highest BCUT2D eigenvalue weighted by Crippen LogP contribution is 2.15. The molecule has 0 atom stereocenters. The molecule has 88 valence electrons. The molecule has 0 bridgehead atoms. The fraction of sp³-hybridized carbons (Fsp3) is 0.778. The predicted octanol–water partition coefficient (Wildman–Crippen LogP) is 1.36. The number of carbonyl (C=O) groups excluding carboxylic acids is 2. The second kappa shape index (κ2) is 6.68. The predicted molar refractivity (Wildman–Crippen MR) is 58.4 cm³/mol. The van der Waals surface area contributed by atoms with Crippen LogP contribution in [0.25, 0.3) is 0 Å². The molecular weight excluding hydrogens is 218 g/mol. The maximum atomic E-state index is 11.2. The molecule has 0 spiro atoms. The van der Waals surface area contributed by atoms with Crippen molar-refractivity contribution in [2.45, 2.75) is 20.8 Å². The summed E-state index contributed by atoms with van der Waals surface area (Å²) in [5.74, 6) is 0.0885. The molecule has 2 N–H and O–H groups in total. The second-order valence-corrected chi connectivity index (χ2v) is 4.86. The van der Waals surface area contributed by atoms with E-state index in [0.717, 1.165) is 11.8 Å². The molecule has 0 heterocycles. The van der Waals surface area contributed by atoms with Crippen molar-refractivity contribution in [3.8, 4) is 0 Å². The summed E-state index contributed by atoms with van der Waals surface area (Å²) in [6, 6.07) is 0. The Labute approximate surface area is 93.7 Å². The number of hydrogen-bond donors (Lipinski definition) is 1. The van der Waals surface area contributed by atoms with Crippen LogP contribution in [0, 0.1) is 5.41 Å². The number of ether oxygens (including phenoxy) is 2. The van der Waals surface area contributed by atoms with Gasteiger partial charge in [0.05, 0.1) is 5.41 Å². The van der Waals surface area contributed by atoms with Gasteiger partial charge < -0.3 is 15.2 Å². The van der Waals surface area contributed by atoms with Gasteiger partial charge in [-0.2, -0.15) is 0 Å². The summed E-state index contributed by atoms with van der Waals surface area (Å²) in [5.41, 5.74) is 4.61. The Balaban J connectivity index is 3.62. The van der Waals surface area contributed by atoms with Crippen LogP contribution in [0.3, 0.4) is 0 Å². The molecule has 0 aliphatic heterocycles. The molecule has 0 aromatic carbocycles. The average molecular weight is 235 g/mol. The molecule has 0 aromatic heterocycles. The molecule has 0 saturated heterocycles. The van der Waals surface area contributed by atoms with E-state index in [2.05, 4.69) is 4.74 Å². The summed E-state index contributed by atoms with van der Waals surface area (Å²) < 4.78 is 9.37. The zero-order valence-electron chi connectivity index (χ0n) is 9.24. The van der Waals surface area contributed by atoms with Gasteiger partial charge in [0, 0.05) is 12.3 Å². The van der Waals surface area contributed by atoms with Crippen LogP contribution in [0.15, 0.2) is 0 Å². The van der Waals surface area contributed by atoms with E-state index in [1.807, 2.05) is 0 Å². The van der Waals surface area contributed by atoms with Crippen molar-refractivity contribution in [1.29, 1.82) is 0 Å². The Bertz CT molecular complexity index is 225. The highest BCUT2D eigenvalue weighted by atomic mass is 32.2. The van der Waals surface area contributed by atoms with Crippen molar-refractivity contribution in [2.75, 3.05) is 19.1 Å². The lowest BCUT2D eigenvalue weighted by Gasteiger charge is -2.16. The molecule has 6 heteroatoms. The van der Waals surface area contributed by atoms with Crippen LogP contribution in [0.5, 0.6) is 0 Å². The molecule has 0 saturated carbocycles. The monoisotopic (exact) mass is 235 g/mol. The molecule has 0 amide bonds. The lowest BCUT2D eigenvalue weighted by atomic mass is 9.98. The minimum Gasteiger partial charge on any atom is -0.427 e. The van der Waals surface area contributed by atoms with Crippen molar-refractivity contribution < 1.29 is 19.1 Å². The fourth-order valence-electron chi connectivity index (χ4n) is 0.532. The van der Waals surface area contributed by atoms with Crippen molar-refractivity contribution >= 4 is 23.0 Å². The Morgan fingerprint density at radius 3 is 2.33 bits per heavy atom. The van der Waals surface area contributed by atoms with Gasteiger partial charge in [0.15, 0.2) is 0 Å². The Kier molecular flexibility index (Phi) is 6.35. The quantitative estimate of drug-likeness (QED) is 0.585. The van der Waals surface area contributed by atoms with Crippen LogP contribution in [0.1, 0.15) is 20.8 Å². The van der Waals surface area contributed by atoms with E-state index in [1.165, 1.54) is 0 Å². The van der Waals surface area contributed by atoms with E-state index in [-0.39, 0.29) is 6.79 Å². The molecule has 15 heavy (non-hydrogen) atoms. The molecule has 0 rings (SSSR count). The van der Waals surface area contributed by atoms with Gasteiger partial charge in [-0.1, -0.05) is 0 Å². The SMILES string of the molecule is CC(C)(C)C(=O)OCOC(=O)SCCN. The highest BCUT2D eigenvalue weighted by molar-refractivity contribution is 8.13. The van der Waals surface area contributed by atoms with E-state index in [9.17, 15) is 9.59 Å². The van der Waals surface area contributed by atoms with Crippen LogP contribution >= 0.6 is 11.8 Å². The summed E-state index contributed by atoms with van der Waals surface area (Å²) in [6.45, 7) is 5.23. The van der Waals surface area contributed by atoms with Crippen LogP contribution in [0.4, 0.5) is 4.79 Å². The van der Waals surface area contributed by atoms with Gasteiger partial charge in [-0.15, -0.1) is 0 Å². The minimum absolute atomic E-state index is 0.341. The highest BCUT2D eigenvalue weighted by Gasteiger charge is 2.23. The van der Waals surface area contributed by atoms with Gasteiger partial charge in [0.2, 0.25) is 6.79 Å². The number of rotatable bonds is 4. The summed E-state index contributed by atoms with van der Waals surface area (Å²) in [6.07, 6.45) is 0. The minimum atomic E-state index is -0.586. The zero-order valence-corrected chi connectivity index (χ0v) is 10.1.